The molecule has 0 radical (unpaired) electrons. The van der Waals surface area contributed by atoms with Crippen LogP contribution in [0.4, 0.5) is 0 Å². The lowest BCUT2D eigenvalue weighted by Crippen LogP contribution is -2.07. The Morgan fingerprint density at radius 2 is 1.38 bits per heavy atom. The molecule has 0 bridgehead atoms. The van der Waals surface area contributed by atoms with Crippen LogP contribution in [0.2, 0.25) is 0 Å². The Balaban J connectivity index is 2.66. The summed E-state index contributed by atoms with van der Waals surface area (Å²) < 4.78 is 10.2. The molecule has 3 N–H and O–H groups in total. The molecule has 0 aliphatic carbocycles. The smallest absolute Gasteiger partial charge is 0.207 e. The van der Waals surface area contributed by atoms with E-state index in [0.717, 1.165) is 12.1 Å². The fourth-order valence-corrected chi connectivity index (χ4v) is 2.03. The first-order chi connectivity index (χ1) is 9.99. The molecule has 21 heavy (non-hydrogen) atoms. The summed E-state index contributed by atoms with van der Waals surface area (Å²) in [5.41, 5.74) is -0.269. The number of carbonyl (C=O) groups is 1. The number of hydrogen-bond acceptors (Lipinski definition) is 6. The fraction of sp³-hybridized carbons (Fsp3) is 0.133. The lowest BCUT2D eigenvalue weighted by Gasteiger charge is -2.13. The average molecular weight is 290 g/mol. The number of carbonyl (C=O) groups excluding carboxylic acids is 1. The number of phenols is 3. The Bertz CT molecular complexity index is 647. The lowest BCUT2D eigenvalue weighted by atomic mass is 9.99. The van der Waals surface area contributed by atoms with Gasteiger partial charge in [0.05, 0.1) is 14.2 Å². The van der Waals surface area contributed by atoms with Crippen LogP contribution in [0.3, 0.4) is 0 Å². The molecule has 0 fully saturated rings. The van der Waals surface area contributed by atoms with Crippen LogP contribution < -0.4 is 9.47 Å². The highest BCUT2D eigenvalue weighted by Crippen LogP contribution is 2.38. The van der Waals surface area contributed by atoms with Crippen LogP contribution in [0.25, 0.3) is 0 Å². The zero-order valence-electron chi connectivity index (χ0n) is 11.5. The van der Waals surface area contributed by atoms with Crippen molar-refractivity contribution < 1.29 is 29.6 Å². The van der Waals surface area contributed by atoms with Gasteiger partial charge in [-0.1, -0.05) is 6.07 Å². The number of ketones is 1. The summed E-state index contributed by atoms with van der Waals surface area (Å²) in [6.45, 7) is 0. The van der Waals surface area contributed by atoms with Gasteiger partial charge in [0.1, 0.15) is 39.9 Å². The van der Waals surface area contributed by atoms with E-state index in [9.17, 15) is 20.1 Å². The van der Waals surface area contributed by atoms with Crippen LogP contribution in [0.5, 0.6) is 28.7 Å². The van der Waals surface area contributed by atoms with Crippen molar-refractivity contribution in [2.45, 2.75) is 0 Å². The van der Waals surface area contributed by atoms with Crippen molar-refractivity contribution in [2.24, 2.45) is 0 Å². The normalized spacial score (nSPS) is 10.2. The second kappa shape index (κ2) is 5.62. The van der Waals surface area contributed by atoms with Crippen LogP contribution in [-0.4, -0.2) is 35.3 Å². The highest BCUT2D eigenvalue weighted by molar-refractivity contribution is 6.15. The Morgan fingerprint density at radius 3 is 1.81 bits per heavy atom. The highest BCUT2D eigenvalue weighted by Gasteiger charge is 2.25. The van der Waals surface area contributed by atoms with Gasteiger partial charge in [-0.15, -0.1) is 0 Å². The third kappa shape index (κ3) is 2.55. The Labute approximate surface area is 120 Å². The van der Waals surface area contributed by atoms with E-state index in [1.165, 1.54) is 14.2 Å². The van der Waals surface area contributed by atoms with Gasteiger partial charge >= 0.3 is 0 Å². The molecule has 2 rings (SSSR count). The maximum atomic E-state index is 12.6. The summed E-state index contributed by atoms with van der Waals surface area (Å²) in [7, 11) is 2.78. The molecule has 0 saturated carbocycles. The molecule has 0 saturated heterocycles. The largest absolute Gasteiger partial charge is 0.508 e. The van der Waals surface area contributed by atoms with Crippen LogP contribution in [0.1, 0.15) is 15.9 Å². The quantitative estimate of drug-likeness (QED) is 0.746. The Morgan fingerprint density at radius 1 is 0.905 bits per heavy atom. The number of hydrogen-bond donors (Lipinski definition) is 3. The molecule has 0 heterocycles. The van der Waals surface area contributed by atoms with Gasteiger partial charge in [-0.25, -0.2) is 0 Å². The Kier molecular flexibility index (Phi) is 3.89. The molecular weight excluding hydrogens is 276 g/mol. The molecule has 0 atom stereocenters. The molecule has 6 heteroatoms. The standard InChI is InChI=1S/C15H14O6/c1-20-11-4-3-5-12(21-2)14(11)15(19)13-9(17)6-8(16)7-10(13)18/h3-7,16-18H,1-2H3. The van der Waals surface area contributed by atoms with Crippen molar-refractivity contribution in [3.05, 3.63) is 41.5 Å². The number of benzene rings is 2. The highest BCUT2D eigenvalue weighted by atomic mass is 16.5. The third-order valence-electron chi connectivity index (χ3n) is 2.96. The molecule has 2 aromatic carbocycles. The van der Waals surface area contributed by atoms with E-state index in [1.54, 1.807) is 18.2 Å². The van der Waals surface area contributed by atoms with E-state index >= 15 is 0 Å². The number of phenolic OH excluding ortho intramolecular Hbond substituents is 3. The van der Waals surface area contributed by atoms with Gasteiger partial charge in [-0.2, -0.15) is 0 Å². The van der Waals surface area contributed by atoms with E-state index in [-0.39, 0.29) is 28.4 Å². The summed E-state index contributed by atoms with van der Waals surface area (Å²) in [6, 6.07) is 6.70. The second-order valence-corrected chi connectivity index (χ2v) is 4.23. The monoisotopic (exact) mass is 290 g/mol. The summed E-state index contributed by atoms with van der Waals surface area (Å²) >= 11 is 0. The first-order valence-electron chi connectivity index (χ1n) is 6.00. The minimum absolute atomic E-state index is 0.0683. The molecule has 110 valence electrons. The van der Waals surface area contributed by atoms with Gasteiger partial charge in [0.2, 0.25) is 5.78 Å². The molecule has 6 nitrogen and oxygen atoms in total. The zero-order chi connectivity index (χ0) is 15.6. The van der Waals surface area contributed by atoms with E-state index < -0.39 is 17.3 Å². The predicted octanol–water partition coefficient (Wildman–Crippen LogP) is 2.05. The molecule has 0 amide bonds. The molecule has 2 aromatic rings. The van der Waals surface area contributed by atoms with E-state index in [4.69, 9.17) is 9.47 Å². The molecular formula is C15H14O6. The average Bonchev–Trinajstić information content (AvgIpc) is 2.44. The van der Waals surface area contributed by atoms with Crippen molar-refractivity contribution in [3.63, 3.8) is 0 Å². The van der Waals surface area contributed by atoms with Gasteiger partial charge in [0, 0.05) is 12.1 Å². The van der Waals surface area contributed by atoms with Crippen LogP contribution in [0, 0.1) is 0 Å². The zero-order valence-corrected chi connectivity index (χ0v) is 11.5. The van der Waals surface area contributed by atoms with Gasteiger partial charge in [-0.05, 0) is 12.1 Å². The molecule has 0 spiro atoms. The van der Waals surface area contributed by atoms with Crippen molar-refractivity contribution in [1.82, 2.24) is 0 Å². The maximum absolute atomic E-state index is 12.6. The van der Waals surface area contributed by atoms with Crippen molar-refractivity contribution in [2.75, 3.05) is 14.2 Å². The van der Waals surface area contributed by atoms with Gasteiger partial charge in [0.25, 0.3) is 0 Å². The van der Waals surface area contributed by atoms with Crippen LogP contribution in [-0.2, 0) is 0 Å². The minimum atomic E-state index is -0.681. The van der Waals surface area contributed by atoms with E-state index in [2.05, 4.69) is 0 Å². The molecule has 0 aliphatic heterocycles. The first-order valence-corrected chi connectivity index (χ1v) is 6.00. The summed E-state index contributed by atoms with van der Waals surface area (Å²) in [5.74, 6) is -1.62. The first kappa shape index (κ1) is 14.5. The van der Waals surface area contributed by atoms with Gasteiger partial charge in [0.15, 0.2) is 0 Å². The molecule has 0 aromatic heterocycles. The van der Waals surface area contributed by atoms with Crippen LogP contribution >= 0.6 is 0 Å². The number of ether oxygens (including phenoxy) is 2. The SMILES string of the molecule is COc1cccc(OC)c1C(=O)c1c(O)cc(O)cc1O. The summed E-state index contributed by atoms with van der Waals surface area (Å²) in [6.07, 6.45) is 0. The Hall–Kier alpha value is -2.89. The number of methoxy groups -OCH3 is 2. The van der Waals surface area contributed by atoms with Gasteiger partial charge < -0.3 is 24.8 Å². The third-order valence-corrected chi connectivity index (χ3v) is 2.96. The lowest BCUT2D eigenvalue weighted by molar-refractivity contribution is 0.102. The van der Waals surface area contributed by atoms with Crippen molar-refractivity contribution in [1.29, 1.82) is 0 Å². The second-order valence-electron chi connectivity index (χ2n) is 4.23. The van der Waals surface area contributed by atoms with Gasteiger partial charge in [-0.3, -0.25) is 4.79 Å². The van der Waals surface area contributed by atoms with Crippen molar-refractivity contribution >= 4 is 5.78 Å². The predicted molar refractivity (Wildman–Crippen MR) is 74.4 cm³/mol. The van der Waals surface area contributed by atoms with E-state index in [1.807, 2.05) is 0 Å². The van der Waals surface area contributed by atoms with Crippen molar-refractivity contribution in [3.8, 4) is 28.7 Å². The fourth-order valence-electron chi connectivity index (χ4n) is 2.03. The van der Waals surface area contributed by atoms with E-state index in [0.29, 0.717) is 0 Å². The van der Waals surface area contributed by atoms with Crippen LogP contribution in [0.15, 0.2) is 30.3 Å². The topological polar surface area (TPSA) is 96.2 Å². The molecule has 0 aliphatic rings. The number of rotatable bonds is 4. The summed E-state index contributed by atoms with van der Waals surface area (Å²) in [5, 5.41) is 28.9. The summed E-state index contributed by atoms with van der Waals surface area (Å²) in [4.78, 5) is 12.6. The maximum Gasteiger partial charge on any atom is 0.207 e. The number of aromatic hydroxyl groups is 3. The molecule has 0 unspecified atom stereocenters. The minimum Gasteiger partial charge on any atom is -0.508 e.